The molecular formula is C15H20N4O3. The molecule has 0 bridgehead atoms. The third kappa shape index (κ3) is 3.55. The van der Waals surface area contributed by atoms with Crippen LogP contribution in [0, 0.1) is 12.8 Å². The highest BCUT2D eigenvalue weighted by atomic mass is 16.3. The lowest BCUT2D eigenvalue weighted by molar-refractivity contribution is -0.119. The highest BCUT2D eigenvalue weighted by Crippen LogP contribution is 2.20. The van der Waals surface area contributed by atoms with E-state index in [0.29, 0.717) is 22.7 Å². The molecule has 1 aromatic heterocycles. The molecule has 0 aliphatic rings. The largest absolute Gasteiger partial charge is 0.441 e. The molecule has 2 aromatic rings. The molecule has 0 fully saturated rings. The first-order valence-corrected chi connectivity index (χ1v) is 7.14. The van der Waals surface area contributed by atoms with Gasteiger partial charge in [0.05, 0.1) is 0 Å². The maximum absolute atomic E-state index is 12.4. The maximum atomic E-state index is 12.4. The Morgan fingerprint density at radius 1 is 1.41 bits per heavy atom. The van der Waals surface area contributed by atoms with Gasteiger partial charge in [-0.3, -0.25) is 4.79 Å². The second-order valence-electron chi connectivity index (χ2n) is 5.28. The van der Waals surface area contributed by atoms with Crippen molar-refractivity contribution in [1.29, 1.82) is 0 Å². The van der Waals surface area contributed by atoms with Gasteiger partial charge in [0.25, 0.3) is 0 Å². The van der Waals surface area contributed by atoms with Gasteiger partial charge < -0.3 is 20.8 Å². The van der Waals surface area contributed by atoms with Gasteiger partial charge >= 0.3 is 6.03 Å². The van der Waals surface area contributed by atoms with Crippen LogP contribution in [0.15, 0.2) is 22.6 Å². The first kappa shape index (κ1) is 15.8. The van der Waals surface area contributed by atoms with Crippen molar-refractivity contribution in [1.82, 2.24) is 10.3 Å². The van der Waals surface area contributed by atoms with Crippen molar-refractivity contribution in [3.05, 3.63) is 24.1 Å². The molecule has 0 spiro atoms. The summed E-state index contributed by atoms with van der Waals surface area (Å²) in [6.45, 7) is 5.58. The molecule has 7 nitrogen and oxygen atoms in total. The van der Waals surface area contributed by atoms with Crippen LogP contribution in [0.5, 0.6) is 0 Å². The van der Waals surface area contributed by atoms with E-state index in [1.807, 2.05) is 13.8 Å². The minimum Gasteiger partial charge on any atom is -0.441 e. The van der Waals surface area contributed by atoms with E-state index in [1.54, 1.807) is 25.1 Å². The SMILES string of the molecule is CC[C@H](C)[C@H](NC(N)=O)C(=O)Nc1ccc2oc(C)nc2c1. The second kappa shape index (κ2) is 6.46. The summed E-state index contributed by atoms with van der Waals surface area (Å²) in [6, 6.07) is 3.79. The molecule has 4 N–H and O–H groups in total. The summed E-state index contributed by atoms with van der Waals surface area (Å²) in [7, 11) is 0. The number of primary amides is 1. The standard InChI is InChI=1S/C15H20N4O3/c1-4-8(2)13(19-15(16)21)14(20)18-10-5-6-12-11(7-10)17-9(3)22-12/h5-8,13H,4H2,1-3H3,(H,18,20)(H3,16,19,21)/t8-,13-/m0/s1. The van der Waals surface area contributed by atoms with Gasteiger partial charge in [-0.1, -0.05) is 20.3 Å². The van der Waals surface area contributed by atoms with Gasteiger partial charge in [0.2, 0.25) is 5.91 Å². The molecule has 2 rings (SSSR count). The Morgan fingerprint density at radius 2 is 2.14 bits per heavy atom. The summed E-state index contributed by atoms with van der Waals surface area (Å²) in [5.74, 6) is 0.213. The number of nitrogens with one attached hydrogen (secondary N) is 2. The molecule has 7 heteroatoms. The molecule has 0 aliphatic carbocycles. The zero-order valence-electron chi connectivity index (χ0n) is 12.8. The second-order valence-corrected chi connectivity index (χ2v) is 5.28. The van der Waals surface area contributed by atoms with Crippen molar-refractivity contribution >= 4 is 28.7 Å². The van der Waals surface area contributed by atoms with Gasteiger partial charge in [-0.2, -0.15) is 0 Å². The number of nitrogens with zero attached hydrogens (tertiary/aromatic N) is 1. The summed E-state index contributed by atoms with van der Waals surface area (Å²) in [5, 5.41) is 5.26. The van der Waals surface area contributed by atoms with Crippen molar-refractivity contribution in [3.8, 4) is 0 Å². The number of anilines is 1. The van der Waals surface area contributed by atoms with Crippen LogP contribution in [0.2, 0.25) is 0 Å². The molecule has 0 radical (unpaired) electrons. The Labute approximate surface area is 128 Å². The summed E-state index contributed by atoms with van der Waals surface area (Å²) in [4.78, 5) is 27.7. The number of aromatic nitrogens is 1. The number of amides is 3. The van der Waals surface area contributed by atoms with Crippen molar-refractivity contribution < 1.29 is 14.0 Å². The first-order chi connectivity index (χ1) is 10.4. The van der Waals surface area contributed by atoms with Gasteiger partial charge in [0.1, 0.15) is 11.6 Å². The topological polar surface area (TPSA) is 110 Å². The van der Waals surface area contributed by atoms with Crippen LogP contribution in [-0.2, 0) is 4.79 Å². The number of carbonyl (C=O) groups is 2. The van der Waals surface area contributed by atoms with Crippen LogP contribution < -0.4 is 16.4 Å². The summed E-state index contributed by atoms with van der Waals surface area (Å²) in [5.41, 5.74) is 7.05. The Bertz CT molecular complexity index is 695. The first-order valence-electron chi connectivity index (χ1n) is 7.14. The van der Waals surface area contributed by atoms with Crippen molar-refractivity contribution in [2.75, 3.05) is 5.32 Å². The average Bonchev–Trinajstić information content (AvgIpc) is 2.83. The molecule has 0 saturated heterocycles. The van der Waals surface area contributed by atoms with Gasteiger partial charge in [-0.05, 0) is 24.1 Å². The maximum Gasteiger partial charge on any atom is 0.312 e. The molecular weight excluding hydrogens is 284 g/mol. The Hall–Kier alpha value is -2.57. The van der Waals surface area contributed by atoms with E-state index >= 15 is 0 Å². The fourth-order valence-corrected chi connectivity index (χ4v) is 2.20. The predicted octanol–water partition coefficient (Wildman–Crippen LogP) is 2.16. The number of nitrogens with two attached hydrogens (primary N) is 1. The van der Waals surface area contributed by atoms with E-state index in [4.69, 9.17) is 10.2 Å². The van der Waals surface area contributed by atoms with Crippen LogP contribution in [0.1, 0.15) is 26.2 Å². The van der Waals surface area contributed by atoms with Crippen LogP contribution in [0.4, 0.5) is 10.5 Å². The lowest BCUT2D eigenvalue weighted by Crippen LogP contribution is -2.49. The fraction of sp³-hybridized carbons (Fsp3) is 0.400. The van der Waals surface area contributed by atoms with E-state index in [-0.39, 0.29) is 11.8 Å². The molecule has 2 atom stereocenters. The Morgan fingerprint density at radius 3 is 2.77 bits per heavy atom. The number of urea groups is 1. The monoisotopic (exact) mass is 304 g/mol. The third-order valence-electron chi connectivity index (χ3n) is 3.56. The summed E-state index contributed by atoms with van der Waals surface area (Å²) in [6.07, 6.45) is 0.736. The highest BCUT2D eigenvalue weighted by molar-refractivity contribution is 5.98. The zero-order valence-corrected chi connectivity index (χ0v) is 12.8. The average molecular weight is 304 g/mol. The zero-order chi connectivity index (χ0) is 16.3. The van der Waals surface area contributed by atoms with Crippen LogP contribution in [0.3, 0.4) is 0 Å². The number of benzene rings is 1. The lowest BCUT2D eigenvalue weighted by Gasteiger charge is -2.22. The highest BCUT2D eigenvalue weighted by Gasteiger charge is 2.25. The van der Waals surface area contributed by atoms with Gasteiger partial charge in [0.15, 0.2) is 11.5 Å². The van der Waals surface area contributed by atoms with E-state index in [9.17, 15) is 9.59 Å². The number of carbonyl (C=O) groups excluding carboxylic acids is 2. The van der Waals surface area contributed by atoms with E-state index in [1.165, 1.54) is 0 Å². The Balaban J connectivity index is 2.17. The number of fused-ring (bicyclic) bond motifs is 1. The van der Waals surface area contributed by atoms with E-state index in [0.717, 1.165) is 6.42 Å². The molecule has 22 heavy (non-hydrogen) atoms. The molecule has 118 valence electrons. The molecule has 1 heterocycles. The quantitative estimate of drug-likeness (QED) is 0.786. The smallest absolute Gasteiger partial charge is 0.312 e. The predicted molar refractivity (Wildman–Crippen MR) is 83.3 cm³/mol. The summed E-state index contributed by atoms with van der Waals surface area (Å²) < 4.78 is 5.39. The van der Waals surface area contributed by atoms with Crippen molar-refractivity contribution in [3.63, 3.8) is 0 Å². The minimum atomic E-state index is -0.719. The van der Waals surface area contributed by atoms with Crippen LogP contribution in [0.25, 0.3) is 11.1 Å². The van der Waals surface area contributed by atoms with Crippen LogP contribution in [-0.4, -0.2) is 23.0 Å². The molecule has 0 aliphatic heterocycles. The third-order valence-corrected chi connectivity index (χ3v) is 3.56. The summed E-state index contributed by atoms with van der Waals surface area (Å²) >= 11 is 0. The molecule has 1 aromatic carbocycles. The number of hydrogen-bond donors (Lipinski definition) is 3. The van der Waals surface area contributed by atoms with Gasteiger partial charge in [-0.15, -0.1) is 0 Å². The fourth-order valence-electron chi connectivity index (χ4n) is 2.20. The van der Waals surface area contributed by atoms with Crippen molar-refractivity contribution in [2.24, 2.45) is 11.7 Å². The number of aryl methyl sites for hydroxylation is 1. The van der Waals surface area contributed by atoms with E-state index < -0.39 is 12.1 Å². The number of hydrogen-bond acceptors (Lipinski definition) is 4. The molecule has 0 unspecified atom stereocenters. The molecule has 3 amide bonds. The molecule has 0 saturated carbocycles. The van der Waals surface area contributed by atoms with Crippen molar-refractivity contribution in [2.45, 2.75) is 33.2 Å². The van der Waals surface area contributed by atoms with E-state index in [2.05, 4.69) is 15.6 Å². The number of rotatable bonds is 5. The van der Waals surface area contributed by atoms with Gasteiger partial charge in [-0.25, -0.2) is 9.78 Å². The number of oxazole rings is 1. The lowest BCUT2D eigenvalue weighted by atomic mass is 9.98. The Kier molecular flexibility index (Phi) is 4.65. The van der Waals surface area contributed by atoms with Crippen LogP contribution >= 0.6 is 0 Å². The van der Waals surface area contributed by atoms with Gasteiger partial charge in [0, 0.05) is 12.6 Å². The minimum absolute atomic E-state index is 0.0366. The normalized spacial score (nSPS) is 13.6.